The van der Waals surface area contributed by atoms with E-state index in [1.807, 2.05) is 47.9 Å². The number of para-hydroxylation sites is 1. The molecular formula is C18H16N2O3. The van der Waals surface area contributed by atoms with E-state index in [1.165, 1.54) is 6.92 Å². The average molecular weight is 308 g/mol. The molecule has 23 heavy (non-hydrogen) atoms. The van der Waals surface area contributed by atoms with Gasteiger partial charge in [0.2, 0.25) is 0 Å². The highest BCUT2D eigenvalue weighted by atomic mass is 16.5. The maximum atomic E-state index is 11.9. The number of benzene rings is 2. The van der Waals surface area contributed by atoms with Crippen molar-refractivity contribution in [3.8, 4) is 5.69 Å². The van der Waals surface area contributed by atoms with Gasteiger partial charge in [-0.1, -0.05) is 18.2 Å². The molecule has 0 amide bonds. The van der Waals surface area contributed by atoms with Crippen LogP contribution in [0.25, 0.3) is 16.7 Å². The fourth-order valence-electron chi connectivity index (χ4n) is 2.48. The van der Waals surface area contributed by atoms with E-state index in [2.05, 4.69) is 4.98 Å². The van der Waals surface area contributed by atoms with Gasteiger partial charge in [-0.15, -0.1) is 0 Å². The lowest BCUT2D eigenvalue weighted by Crippen LogP contribution is -2.11. The molecule has 0 bridgehead atoms. The standard InChI is InChI=1S/C18H16N2O3/c1-12(21)11-23-18(22)14-8-9-17-16(10-14)19-13(2)20(17)15-6-4-3-5-7-15/h3-10H,11H2,1-2H3. The number of rotatable bonds is 4. The number of nitrogens with zero attached hydrogens (tertiary/aromatic N) is 2. The lowest BCUT2D eigenvalue weighted by atomic mass is 10.2. The summed E-state index contributed by atoms with van der Waals surface area (Å²) in [4.78, 5) is 27.4. The molecular weight excluding hydrogens is 292 g/mol. The molecule has 116 valence electrons. The predicted octanol–water partition coefficient (Wildman–Crippen LogP) is 3.08. The zero-order chi connectivity index (χ0) is 16.4. The van der Waals surface area contributed by atoms with Crippen LogP contribution in [-0.4, -0.2) is 27.9 Å². The van der Waals surface area contributed by atoms with Crippen molar-refractivity contribution in [3.05, 3.63) is 59.9 Å². The summed E-state index contributed by atoms with van der Waals surface area (Å²) >= 11 is 0. The summed E-state index contributed by atoms with van der Waals surface area (Å²) in [5.41, 5.74) is 3.02. The molecule has 2 aromatic carbocycles. The Morgan fingerprint density at radius 2 is 1.87 bits per heavy atom. The molecule has 0 atom stereocenters. The van der Waals surface area contributed by atoms with Crippen molar-refractivity contribution in [1.29, 1.82) is 0 Å². The highest BCUT2D eigenvalue weighted by Gasteiger charge is 2.13. The monoisotopic (exact) mass is 308 g/mol. The van der Waals surface area contributed by atoms with Crippen LogP contribution in [0.1, 0.15) is 23.1 Å². The van der Waals surface area contributed by atoms with E-state index in [0.29, 0.717) is 11.1 Å². The van der Waals surface area contributed by atoms with Crippen molar-refractivity contribution in [2.75, 3.05) is 6.61 Å². The molecule has 0 saturated carbocycles. The summed E-state index contributed by atoms with van der Waals surface area (Å²) in [7, 11) is 0. The van der Waals surface area contributed by atoms with Crippen LogP contribution in [0.5, 0.6) is 0 Å². The summed E-state index contributed by atoms with van der Waals surface area (Å²) in [6.07, 6.45) is 0. The summed E-state index contributed by atoms with van der Waals surface area (Å²) in [5.74, 6) is 0.123. The Morgan fingerprint density at radius 1 is 1.13 bits per heavy atom. The van der Waals surface area contributed by atoms with Crippen LogP contribution in [-0.2, 0) is 9.53 Å². The maximum Gasteiger partial charge on any atom is 0.338 e. The van der Waals surface area contributed by atoms with E-state index in [0.717, 1.165) is 17.0 Å². The number of ketones is 1. The van der Waals surface area contributed by atoms with Crippen LogP contribution < -0.4 is 0 Å². The molecule has 3 rings (SSSR count). The minimum Gasteiger partial charge on any atom is -0.454 e. The third-order valence-corrected chi connectivity index (χ3v) is 3.48. The van der Waals surface area contributed by atoms with Crippen LogP contribution in [0.2, 0.25) is 0 Å². The number of hydrogen-bond donors (Lipinski definition) is 0. The minimum atomic E-state index is -0.519. The van der Waals surface area contributed by atoms with E-state index in [9.17, 15) is 9.59 Å². The fourth-order valence-corrected chi connectivity index (χ4v) is 2.48. The Hall–Kier alpha value is -2.95. The molecule has 0 aliphatic rings. The zero-order valence-electron chi connectivity index (χ0n) is 12.9. The van der Waals surface area contributed by atoms with E-state index in [4.69, 9.17) is 4.74 Å². The van der Waals surface area contributed by atoms with Gasteiger partial charge in [-0.25, -0.2) is 9.78 Å². The third kappa shape index (κ3) is 2.99. The quantitative estimate of drug-likeness (QED) is 0.695. The molecule has 0 fully saturated rings. The van der Waals surface area contributed by atoms with Crippen LogP contribution in [0, 0.1) is 6.92 Å². The first kappa shape index (κ1) is 15.0. The molecule has 0 aliphatic carbocycles. The number of Topliss-reactive ketones (excluding diaryl/α,β-unsaturated/α-hetero) is 1. The largest absolute Gasteiger partial charge is 0.454 e. The number of aryl methyl sites for hydroxylation is 1. The second kappa shape index (κ2) is 6.04. The van der Waals surface area contributed by atoms with Crippen molar-refractivity contribution in [1.82, 2.24) is 9.55 Å². The minimum absolute atomic E-state index is 0.191. The molecule has 0 radical (unpaired) electrons. The summed E-state index contributed by atoms with van der Waals surface area (Å²) in [5, 5.41) is 0. The van der Waals surface area contributed by atoms with Crippen molar-refractivity contribution >= 4 is 22.8 Å². The fraction of sp³-hybridized carbons (Fsp3) is 0.167. The summed E-state index contributed by atoms with van der Waals surface area (Å²) in [6.45, 7) is 3.08. The van der Waals surface area contributed by atoms with Crippen molar-refractivity contribution in [2.45, 2.75) is 13.8 Å². The molecule has 5 nitrogen and oxygen atoms in total. The first-order valence-electron chi connectivity index (χ1n) is 7.27. The maximum absolute atomic E-state index is 11.9. The smallest absolute Gasteiger partial charge is 0.338 e. The number of fused-ring (bicyclic) bond motifs is 1. The normalized spacial score (nSPS) is 10.7. The van der Waals surface area contributed by atoms with Crippen molar-refractivity contribution in [2.24, 2.45) is 0 Å². The Balaban J connectivity index is 2.00. The Morgan fingerprint density at radius 3 is 2.57 bits per heavy atom. The highest BCUT2D eigenvalue weighted by Crippen LogP contribution is 2.22. The van der Waals surface area contributed by atoms with Gasteiger partial charge in [-0.2, -0.15) is 0 Å². The topological polar surface area (TPSA) is 61.2 Å². The van der Waals surface area contributed by atoms with Crippen molar-refractivity contribution in [3.63, 3.8) is 0 Å². The average Bonchev–Trinajstić information content (AvgIpc) is 2.88. The zero-order valence-corrected chi connectivity index (χ0v) is 12.9. The Kier molecular flexibility index (Phi) is 3.93. The first-order chi connectivity index (χ1) is 11.1. The Bertz CT molecular complexity index is 882. The summed E-state index contributed by atoms with van der Waals surface area (Å²) in [6, 6.07) is 15.1. The number of ether oxygens (including phenoxy) is 1. The molecule has 1 heterocycles. The van der Waals surface area contributed by atoms with Gasteiger partial charge in [-0.3, -0.25) is 9.36 Å². The molecule has 1 aromatic heterocycles. The summed E-state index contributed by atoms with van der Waals surface area (Å²) < 4.78 is 6.96. The second-order valence-electron chi connectivity index (χ2n) is 5.31. The highest BCUT2D eigenvalue weighted by molar-refractivity contribution is 5.95. The van der Waals surface area contributed by atoms with Gasteiger partial charge in [0.25, 0.3) is 0 Å². The lowest BCUT2D eigenvalue weighted by Gasteiger charge is -2.07. The molecule has 0 aliphatic heterocycles. The predicted molar refractivity (Wildman–Crippen MR) is 86.8 cm³/mol. The number of imidazole rings is 1. The first-order valence-corrected chi connectivity index (χ1v) is 7.27. The number of aromatic nitrogens is 2. The third-order valence-electron chi connectivity index (χ3n) is 3.48. The van der Waals surface area contributed by atoms with Gasteiger partial charge in [0.15, 0.2) is 5.78 Å². The molecule has 0 unspecified atom stereocenters. The van der Waals surface area contributed by atoms with Crippen LogP contribution >= 0.6 is 0 Å². The molecule has 5 heteroatoms. The van der Waals surface area contributed by atoms with Gasteiger partial charge in [-0.05, 0) is 44.2 Å². The second-order valence-corrected chi connectivity index (χ2v) is 5.31. The van der Waals surface area contributed by atoms with E-state index >= 15 is 0 Å². The van der Waals surface area contributed by atoms with Crippen LogP contribution in [0.4, 0.5) is 0 Å². The number of hydrogen-bond acceptors (Lipinski definition) is 4. The van der Waals surface area contributed by atoms with Crippen LogP contribution in [0.3, 0.4) is 0 Å². The van der Waals surface area contributed by atoms with Gasteiger partial charge in [0.05, 0.1) is 16.6 Å². The van der Waals surface area contributed by atoms with E-state index < -0.39 is 5.97 Å². The number of carbonyl (C=O) groups is 2. The number of carbonyl (C=O) groups excluding carboxylic acids is 2. The number of esters is 1. The van der Waals surface area contributed by atoms with Gasteiger partial charge >= 0.3 is 5.97 Å². The van der Waals surface area contributed by atoms with E-state index in [-0.39, 0.29) is 12.4 Å². The SMILES string of the molecule is CC(=O)COC(=O)c1ccc2c(c1)nc(C)n2-c1ccccc1. The molecule has 3 aromatic rings. The molecule has 0 N–H and O–H groups in total. The lowest BCUT2D eigenvalue weighted by molar-refractivity contribution is -0.120. The van der Waals surface area contributed by atoms with Gasteiger partial charge in [0.1, 0.15) is 12.4 Å². The molecule has 0 spiro atoms. The van der Waals surface area contributed by atoms with Gasteiger partial charge < -0.3 is 4.74 Å². The van der Waals surface area contributed by atoms with E-state index in [1.54, 1.807) is 12.1 Å². The van der Waals surface area contributed by atoms with Crippen molar-refractivity contribution < 1.29 is 14.3 Å². The van der Waals surface area contributed by atoms with Gasteiger partial charge in [0, 0.05) is 5.69 Å². The Labute approximate surface area is 133 Å². The van der Waals surface area contributed by atoms with Crippen LogP contribution in [0.15, 0.2) is 48.5 Å². The molecule has 0 saturated heterocycles.